The molecule has 2 aromatic heterocycles. The Morgan fingerprint density at radius 1 is 0.361 bits per heavy atom. The molecule has 0 N–H and O–H groups in total. The Morgan fingerprint density at radius 2 is 0.984 bits per heavy atom. The topological polar surface area (TPSA) is 21.3 Å². The Balaban J connectivity index is 1.03. The molecule has 0 fully saturated rings. The molecule has 0 bridgehead atoms. The van der Waals surface area contributed by atoms with Gasteiger partial charge in [-0.2, -0.15) is 0 Å². The molecule has 2 heterocycles. The van der Waals surface area contributed by atoms with Gasteiger partial charge in [-0.3, -0.25) is 0 Å². The highest BCUT2D eigenvalue weighted by molar-refractivity contribution is 6.22. The third-order valence-corrected chi connectivity index (χ3v) is 12.7. The summed E-state index contributed by atoms with van der Waals surface area (Å²) in [6.07, 6.45) is 0. The number of nitrogens with zero attached hydrogens (tertiary/aromatic N) is 2. The van der Waals surface area contributed by atoms with Crippen LogP contribution in [0.5, 0.6) is 0 Å². The van der Waals surface area contributed by atoms with Gasteiger partial charge in [0.05, 0.1) is 27.8 Å². The number of hydrogen-bond acceptors (Lipinski definition) is 2. The van der Waals surface area contributed by atoms with E-state index in [2.05, 4.69) is 228 Å². The highest BCUT2D eigenvalue weighted by Crippen LogP contribution is 2.48. The predicted octanol–water partition coefficient (Wildman–Crippen LogP) is 16.4. The van der Waals surface area contributed by atoms with Gasteiger partial charge >= 0.3 is 0 Å². The summed E-state index contributed by atoms with van der Waals surface area (Å²) >= 11 is 0. The molecule has 0 saturated carbocycles. The Bertz CT molecular complexity index is 3880. The summed E-state index contributed by atoms with van der Waals surface area (Å²) in [5.74, 6) is 0. The van der Waals surface area contributed by atoms with E-state index in [4.69, 9.17) is 4.42 Å². The minimum Gasteiger partial charge on any atom is -0.455 e. The van der Waals surface area contributed by atoms with Gasteiger partial charge in [0.15, 0.2) is 0 Å². The van der Waals surface area contributed by atoms with Crippen LogP contribution in [-0.2, 0) is 0 Å². The average molecular weight is 777 g/mol. The lowest BCUT2D eigenvalue weighted by molar-refractivity contribution is 0.672. The molecule has 13 aromatic rings. The van der Waals surface area contributed by atoms with Gasteiger partial charge in [0.1, 0.15) is 11.2 Å². The van der Waals surface area contributed by atoms with Crippen LogP contribution < -0.4 is 4.90 Å². The Hall–Kier alpha value is -8.14. The van der Waals surface area contributed by atoms with E-state index in [0.29, 0.717) is 0 Å². The van der Waals surface area contributed by atoms with Crippen molar-refractivity contribution in [3.05, 3.63) is 218 Å². The number of rotatable bonds is 5. The fourth-order valence-electron chi connectivity index (χ4n) is 9.95. The second-order valence-electron chi connectivity index (χ2n) is 16.0. The molecule has 13 rings (SSSR count). The molecule has 0 radical (unpaired) electrons. The smallest absolute Gasteiger partial charge is 0.143 e. The molecule has 0 amide bonds. The van der Waals surface area contributed by atoms with Crippen LogP contribution in [0, 0.1) is 0 Å². The van der Waals surface area contributed by atoms with Gasteiger partial charge in [-0.05, 0) is 92.7 Å². The lowest BCUT2D eigenvalue weighted by atomic mass is 9.98. The molecular weight excluding hydrogens is 741 g/mol. The van der Waals surface area contributed by atoms with Crippen LogP contribution in [0.4, 0.5) is 17.1 Å². The van der Waals surface area contributed by atoms with Gasteiger partial charge < -0.3 is 13.9 Å². The molecular formula is C58H36N2O. The van der Waals surface area contributed by atoms with Gasteiger partial charge in [-0.1, -0.05) is 164 Å². The molecule has 0 aliphatic rings. The summed E-state index contributed by atoms with van der Waals surface area (Å²) in [7, 11) is 0. The van der Waals surface area contributed by atoms with Gasteiger partial charge in [-0.15, -0.1) is 0 Å². The lowest BCUT2D eigenvalue weighted by Crippen LogP contribution is -2.11. The zero-order valence-corrected chi connectivity index (χ0v) is 33.1. The van der Waals surface area contributed by atoms with Gasteiger partial charge in [0.2, 0.25) is 0 Å². The van der Waals surface area contributed by atoms with Crippen molar-refractivity contribution in [1.29, 1.82) is 0 Å². The van der Waals surface area contributed by atoms with E-state index in [1.54, 1.807) is 0 Å². The first-order valence-corrected chi connectivity index (χ1v) is 20.9. The summed E-state index contributed by atoms with van der Waals surface area (Å²) in [5, 5.41) is 14.3. The van der Waals surface area contributed by atoms with Crippen molar-refractivity contribution in [3.63, 3.8) is 0 Å². The predicted molar refractivity (Wildman–Crippen MR) is 258 cm³/mol. The quantitative estimate of drug-likeness (QED) is 0.162. The highest BCUT2D eigenvalue weighted by Gasteiger charge is 2.23. The summed E-state index contributed by atoms with van der Waals surface area (Å²) < 4.78 is 9.20. The molecule has 11 aromatic carbocycles. The third-order valence-electron chi connectivity index (χ3n) is 12.7. The largest absolute Gasteiger partial charge is 0.455 e. The summed E-state index contributed by atoms with van der Waals surface area (Å²) in [6.45, 7) is 0. The zero-order valence-electron chi connectivity index (χ0n) is 33.1. The Kier molecular flexibility index (Phi) is 7.31. The number of anilines is 3. The monoisotopic (exact) mass is 776 g/mol. The van der Waals surface area contributed by atoms with Gasteiger partial charge in [0, 0.05) is 43.7 Å². The van der Waals surface area contributed by atoms with Crippen LogP contribution in [0.2, 0.25) is 0 Å². The first kappa shape index (κ1) is 33.8. The molecule has 0 saturated heterocycles. The van der Waals surface area contributed by atoms with E-state index >= 15 is 0 Å². The van der Waals surface area contributed by atoms with Crippen LogP contribution in [0.1, 0.15) is 0 Å². The SMILES string of the molecule is c1ccc(-n2c3cc(-c4ccc(N(c5cc6ccccc6c6ccccc56)c5cccc6oc7c8ccccc8ccc7c56)cc4)ccc3c3ccc4ccccc4c32)cc1. The molecule has 3 nitrogen and oxygen atoms in total. The van der Waals surface area contributed by atoms with Crippen molar-refractivity contribution in [2.75, 3.05) is 4.90 Å². The molecule has 61 heavy (non-hydrogen) atoms. The van der Waals surface area contributed by atoms with Crippen LogP contribution in [-0.4, -0.2) is 4.57 Å². The third kappa shape index (κ3) is 5.11. The van der Waals surface area contributed by atoms with Crippen LogP contribution in [0.25, 0.3) is 104 Å². The minimum absolute atomic E-state index is 0.866. The summed E-state index contributed by atoms with van der Waals surface area (Å²) in [4.78, 5) is 2.44. The number of aromatic nitrogens is 1. The summed E-state index contributed by atoms with van der Waals surface area (Å²) in [5.41, 5.74) is 10.9. The van der Waals surface area contributed by atoms with Gasteiger partial charge in [0.25, 0.3) is 0 Å². The lowest BCUT2D eigenvalue weighted by Gasteiger charge is -2.28. The van der Waals surface area contributed by atoms with Crippen molar-refractivity contribution in [1.82, 2.24) is 4.57 Å². The van der Waals surface area contributed by atoms with E-state index in [0.717, 1.165) is 55.6 Å². The van der Waals surface area contributed by atoms with E-state index in [1.807, 2.05) is 0 Å². The van der Waals surface area contributed by atoms with E-state index in [-0.39, 0.29) is 0 Å². The maximum absolute atomic E-state index is 6.76. The fourth-order valence-corrected chi connectivity index (χ4v) is 9.95. The molecule has 0 unspecified atom stereocenters. The van der Waals surface area contributed by atoms with Crippen molar-refractivity contribution in [2.24, 2.45) is 0 Å². The molecule has 0 aliphatic carbocycles. The van der Waals surface area contributed by atoms with Gasteiger partial charge in [-0.25, -0.2) is 0 Å². The van der Waals surface area contributed by atoms with E-state index < -0.39 is 0 Å². The maximum atomic E-state index is 6.76. The number of para-hydroxylation sites is 1. The second-order valence-corrected chi connectivity index (χ2v) is 16.0. The highest BCUT2D eigenvalue weighted by atomic mass is 16.3. The zero-order chi connectivity index (χ0) is 40.0. The normalized spacial score (nSPS) is 11.9. The Morgan fingerprint density at radius 3 is 1.79 bits per heavy atom. The molecule has 284 valence electrons. The summed E-state index contributed by atoms with van der Waals surface area (Å²) in [6, 6.07) is 79.3. The van der Waals surface area contributed by atoms with E-state index in [1.165, 1.54) is 65.1 Å². The first-order valence-electron chi connectivity index (χ1n) is 20.9. The molecule has 0 spiro atoms. The minimum atomic E-state index is 0.866. The standard InChI is InChI=1S/C58H36N2O/c1-2-16-42(17-3-1)60-54-35-40(29-32-49(54)50-33-27-38-13-4-8-19-45(38)57(50)60)37-25-30-43(31-26-37)59(53-36-41-15-6-7-18-44(41)47-21-10-11-22-48(47)53)52-23-12-24-55-56(52)51-34-28-39-14-5-9-20-46(39)58(51)61-55/h1-36H. The molecule has 0 aliphatic heterocycles. The number of fused-ring (bicyclic) bond motifs is 13. The fraction of sp³-hybridized carbons (Fsp3) is 0. The number of hydrogen-bond donors (Lipinski definition) is 0. The Labute approximate surface area is 351 Å². The van der Waals surface area contributed by atoms with Crippen LogP contribution in [0.3, 0.4) is 0 Å². The van der Waals surface area contributed by atoms with Crippen molar-refractivity contribution in [2.45, 2.75) is 0 Å². The second kappa shape index (κ2) is 13.2. The molecule has 3 heteroatoms. The van der Waals surface area contributed by atoms with Crippen molar-refractivity contribution in [3.8, 4) is 16.8 Å². The van der Waals surface area contributed by atoms with Crippen LogP contribution in [0.15, 0.2) is 223 Å². The molecule has 0 atom stereocenters. The number of benzene rings is 11. The van der Waals surface area contributed by atoms with E-state index in [9.17, 15) is 0 Å². The maximum Gasteiger partial charge on any atom is 0.143 e. The van der Waals surface area contributed by atoms with Crippen molar-refractivity contribution >= 4 is 104 Å². The average Bonchev–Trinajstić information content (AvgIpc) is 3.89. The van der Waals surface area contributed by atoms with Crippen LogP contribution >= 0.6 is 0 Å². The number of furan rings is 1. The first-order chi connectivity index (χ1) is 30.3. The van der Waals surface area contributed by atoms with Crippen molar-refractivity contribution < 1.29 is 4.42 Å².